The standard InChI is InChI=1S/C10H10FN3O/c1-6-2-10(14-13-6)15-9-4-7(11)3-8(12)5-9/h2-5H,12H2,1H3,(H,13,14). The first kappa shape index (κ1) is 9.51. The first-order valence-electron chi connectivity index (χ1n) is 4.39. The zero-order valence-electron chi connectivity index (χ0n) is 8.12. The Hall–Kier alpha value is -2.04. The van der Waals surface area contributed by atoms with Gasteiger partial charge in [-0.3, -0.25) is 5.10 Å². The summed E-state index contributed by atoms with van der Waals surface area (Å²) in [6.45, 7) is 1.85. The molecule has 78 valence electrons. The van der Waals surface area contributed by atoms with Crippen LogP contribution in [0.2, 0.25) is 0 Å². The van der Waals surface area contributed by atoms with Crippen molar-refractivity contribution in [2.75, 3.05) is 5.73 Å². The van der Waals surface area contributed by atoms with Crippen molar-refractivity contribution in [1.82, 2.24) is 10.2 Å². The number of aromatic nitrogens is 2. The molecule has 3 N–H and O–H groups in total. The van der Waals surface area contributed by atoms with E-state index in [1.807, 2.05) is 6.92 Å². The number of benzene rings is 1. The number of hydrogen-bond acceptors (Lipinski definition) is 3. The quantitative estimate of drug-likeness (QED) is 0.742. The van der Waals surface area contributed by atoms with Gasteiger partial charge >= 0.3 is 0 Å². The number of hydrogen-bond donors (Lipinski definition) is 2. The summed E-state index contributed by atoms with van der Waals surface area (Å²) in [6, 6.07) is 5.72. The molecule has 0 bridgehead atoms. The molecular formula is C10H10FN3O. The normalized spacial score (nSPS) is 10.3. The van der Waals surface area contributed by atoms with E-state index < -0.39 is 5.82 Å². The van der Waals surface area contributed by atoms with Crippen molar-refractivity contribution in [2.45, 2.75) is 6.92 Å². The fourth-order valence-electron chi connectivity index (χ4n) is 1.21. The number of nitrogen functional groups attached to an aromatic ring is 1. The summed E-state index contributed by atoms with van der Waals surface area (Å²) >= 11 is 0. The van der Waals surface area contributed by atoms with Crippen molar-refractivity contribution in [3.8, 4) is 11.6 Å². The minimum Gasteiger partial charge on any atom is -0.437 e. The van der Waals surface area contributed by atoms with E-state index in [1.54, 1.807) is 6.07 Å². The van der Waals surface area contributed by atoms with Gasteiger partial charge in [0.15, 0.2) is 0 Å². The van der Waals surface area contributed by atoms with Gasteiger partial charge in [0.2, 0.25) is 5.88 Å². The number of anilines is 1. The Morgan fingerprint density at radius 1 is 1.33 bits per heavy atom. The van der Waals surface area contributed by atoms with Crippen LogP contribution in [0.1, 0.15) is 5.69 Å². The van der Waals surface area contributed by atoms with E-state index in [-0.39, 0.29) is 0 Å². The number of nitrogens with two attached hydrogens (primary N) is 1. The highest BCUT2D eigenvalue weighted by Crippen LogP contribution is 2.23. The van der Waals surface area contributed by atoms with Crippen LogP contribution in [-0.4, -0.2) is 10.2 Å². The van der Waals surface area contributed by atoms with E-state index in [9.17, 15) is 4.39 Å². The molecule has 15 heavy (non-hydrogen) atoms. The maximum atomic E-state index is 12.9. The average Bonchev–Trinajstić information content (AvgIpc) is 2.49. The number of H-pyrrole nitrogens is 1. The molecule has 0 fully saturated rings. The van der Waals surface area contributed by atoms with E-state index in [0.29, 0.717) is 17.3 Å². The van der Waals surface area contributed by atoms with Crippen molar-refractivity contribution >= 4 is 5.69 Å². The Morgan fingerprint density at radius 3 is 2.73 bits per heavy atom. The maximum Gasteiger partial charge on any atom is 0.238 e. The number of nitrogens with one attached hydrogen (secondary N) is 1. The SMILES string of the molecule is Cc1cc(Oc2cc(N)cc(F)c2)n[nH]1. The lowest BCUT2D eigenvalue weighted by Gasteiger charge is -2.02. The highest BCUT2D eigenvalue weighted by Gasteiger charge is 2.03. The number of rotatable bonds is 2. The molecule has 2 rings (SSSR count). The molecule has 0 spiro atoms. The molecule has 0 unspecified atom stereocenters. The van der Waals surface area contributed by atoms with Crippen LogP contribution >= 0.6 is 0 Å². The third-order valence-electron chi connectivity index (χ3n) is 1.80. The number of halogens is 1. The summed E-state index contributed by atoms with van der Waals surface area (Å²) in [5, 5.41) is 6.58. The summed E-state index contributed by atoms with van der Waals surface area (Å²) < 4.78 is 18.2. The van der Waals surface area contributed by atoms with E-state index in [4.69, 9.17) is 10.5 Å². The van der Waals surface area contributed by atoms with Crippen LogP contribution in [0.3, 0.4) is 0 Å². The number of aromatic amines is 1. The van der Waals surface area contributed by atoms with Crippen LogP contribution in [0.25, 0.3) is 0 Å². The van der Waals surface area contributed by atoms with Gasteiger partial charge in [-0.1, -0.05) is 0 Å². The minimum absolute atomic E-state index is 0.317. The minimum atomic E-state index is -0.433. The first-order chi connectivity index (χ1) is 7.13. The van der Waals surface area contributed by atoms with Crippen LogP contribution in [-0.2, 0) is 0 Å². The van der Waals surface area contributed by atoms with Gasteiger partial charge in [-0.05, 0) is 13.0 Å². The Labute approximate surface area is 85.9 Å². The molecule has 2 aromatic rings. The molecule has 0 aliphatic rings. The molecule has 4 nitrogen and oxygen atoms in total. The van der Waals surface area contributed by atoms with E-state index in [2.05, 4.69) is 10.2 Å². The van der Waals surface area contributed by atoms with Crippen LogP contribution in [0.15, 0.2) is 24.3 Å². The summed E-state index contributed by atoms with van der Waals surface area (Å²) in [7, 11) is 0. The third-order valence-corrected chi connectivity index (χ3v) is 1.80. The predicted molar refractivity (Wildman–Crippen MR) is 54.2 cm³/mol. The topological polar surface area (TPSA) is 63.9 Å². The van der Waals surface area contributed by atoms with Crippen LogP contribution < -0.4 is 10.5 Å². The molecule has 0 amide bonds. The van der Waals surface area contributed by atoms with Crippen molar-refractivity contribution in [2.24, 2.45) is 0 Å². The van der Waals surface area contributed by atoms with Gasteiger partial charge < -0.3 is 10.5 Å². The molecule has 0 atom stereocenters. The molecule has 1 heterocycles. The lowest BCUT2D eigenvalue weighted by Crippen LogP contribution is -1.90. The molecule has 5 heteroatoms. The van der Waals surface area contributed by atoms with Gasteiger partial charge in [0.1, 0.15) is 11.6 Å². The Balaban J connectivity index is 2.24. The molecule has 1 aromatic heterocycles. The predicted octanol–water partition coefficient (Wildman–Crippen LogP) is 2.23. The van der Waals surface area contributed by atoms with Crippen molar-refractivity contribution in [3.05, 3.63) is 35.8 Å². The molecular weight excluding hydrogens is 197 g/mol. The molecule has 0 radical (unpaired) electrons. The average molecular weight is 207 g/mol. The lowest BCUT2D eigenvalue weighted by molar-refractivity contribution is 0.457. The third kappa shape index (κ3) is 2.25. The monoisotopic (exact) mass is 207 g/mol. The number of aryl methyl sites for hydroxylation is 1. The summed E-state index contributed by atoms with van der Waals surface area (Å²) in [5.41, 5.74) is 6.66. The first-order valence-corrected chi connectivity index (χ1v) is 4.39. The van der Waals surface area contributed by atoms with Gasteiger partial charge in [-0.25, -0.2) is 4.39 Å². The Morgan fingerprint density at radius 2 is 2.13 bits per heavy atom. The largest absolute Gasteiger partial charge is 0.437 e. The second-order valence-corrected chi connectivity index (χ2v) is 3.21. The lowest BCUT2D eigenvalue weighted by atomic mass is 10.3. The van der Waals surface area contributed by atoms with Gasteiger partial charge in [0.05, 0.1) is 0 Å². The van der Waals surface area contributed by atoms with Crippen LogP contribution in [0.4, 0.5) is 10.1 Å². The van der Waals surface area contributed by atoms with Gasteiger partial charge in [-0.15, -0.1) is 5.10 Å². The van der Waals surface area contributed by atoms with E-state index >= 15 is 0 Å². The smallest absolute Gasteiger partial charge is 0.238 e. The summed E-state index contributed by atoms with van der Waals surface area (Å²) in [6.07, 6.45) is 0. The highest BCUT2D eigenvalue weighted by molar-refractivity contribution is 5.45. The molecule has 0 saturated carbocycles. The molecule has 0 saturated heterocycles. The van der Waals surface area contributed by atoms with Gasteiger partial charge in [-0.2, -0.15) is 0 Å². The highest BCUT2D eigenvalue weighted by atomic mass is 19.1. The Bertz CT molecular complexity index is 461. The fraction of sp³-hybridized carbons (Fsp3) is 0.100. The van der Waals surface area contributed by atoms with Crippen LogP contribution in [0.5, 0.6) is 11.6 Å². The Kier molecular flexibility index (Phi) is 2.29. The number of nitrogens with zero attached hydrogens (tertiary/aromatic N) is 1. The van der Waals surface area contributed by atoms with Crippen molar-refractivity contribution < 1.29 is 9.13 Å². The van der Waals surface area contributed by atoms with Crippen molar-refractivity contribution in [1.29, 1.82) is 0 Å². The van der Waals surface area contributed by atoms with Gasteiger partial charge in [0, 0.05) is 29.6 Å². The van der Waals surface area contributed by atoms with Gasteiger partial charge in [0.25, 0.3) is 0 Å². The zero-order valence-corrected chi connectivity index (χ0v) is 8.12. The van der Waals surface area contributed by atoms with E-state index in [1.165, 1.54) is 18.2 Å². The second-order valence-electron chi connectivity index (χ2n) is 3.21. The van der Waals surface area contributed by atoms with E-state index in [0.717, 1.165) is 5.69 Å². The second kappa shape index (κ2) is 3.61. The van der Waals surface area contributed by atoms with Crippen LogP contribution in [0, 0.1) is 12.7 Å². The zero-order chi connectivity index (χ0) is 10.8. The summed E-state index contributed by atoms with van der Waals surface area (Å²) in [4.78, 5) is 0. The number of ether oxygens (including phenoxy) is 1. The molecule has 1 aromatic carbocycles. The maximum absolute atomic E-state index is 12.9. The summed E-state index contributed by atoms with van der Waals surface area (Å²) in [5.74, 6) is 0.286. The fourth-order valence-corrected chi connectivity index (χ4v) is 1.21. The molecule has 0 aliphatic heterocycles. The molecule has 0 aliphatic carbocycles. The van der Waals surface area contributed by atoms with Crippen molar-refractivity contribution in [3.63, 3.8) is 0 Å².